The highest BCUT2D eigenvalue weighted by Gasteiger charge is 2.25. The maximum Gasteiger partial charge on any atom is 0.298 e. The topological polar surface area (TPSA) is 76.5 Å². The van der Waals surface area contributed by atoms with E-state index in [1.165, 1.54) is 6.07 Å². The Morgan fingerprint density at radius 2 is 1.96 bits per heavy atom. The van der Waals surface area contributed by atoms with Gasteiger partial charge in [0, 0.05) is 18.0 Å². The lowest BCUT2D eigenvalue weighted by atomic mass is 10.0. The first-order chi connectivity index (χ1) is 11.0. The van der Waals surface area contributed by atoms with Crippen LogP contribution in [0.3, 0.4) is 0 Å². The number of hydrogen-bond donors (Lipinski definition) is 1. The van der Waals surface area contributed by atoms with E-state index in [0.29, 0.717) is 13.0 Å². The van der Waals surface area contributed by atoms with Crippen molar-refractivity contribution < 1.29 is 17.7 Å². The maximum atomic E-state index is 11.7. The van der Waals surface area contributed by atoms with Gasteiger partial charge in [-0.1, -0.05) is 12.1 Å². The summed E-state index contributed by atoms with van der Waals surface area (Å²) in [6, 6.07) is 12.9. The van der Waals surface area contributed by atoms with Crippen LogP contribution < -0.4 is 4.74 Å². The minimum Gasteiger partial charge on any atom is -0.491 e. The highest BCUT2D eigenvalue weighted by molar-refractivity contribution is 7.86. The van der Waals surface area contributed by atoms with Crippen LogP contribution in [0.15, 0.2) is 53.6 Å². The van der Waals surface area contributed by atoms with Gasteiger partial charge in [-0.25, -0.2) is 0 Å². The monoisotopic (exact) mass is 327 g/mol. The smallest absolute Gasteiger partial charge is 0.298 e. The predicted octanol–water partition coefficient (Wildman–Crippen LogP) is 3.08. The zero-order valence-electron chi connectivity index (χ0n) is 12.1. The van der Waals surface area contributed by atoms with Gasteiger partial charge in [0.2, 0.25) is 0 Å². The third-order valence-corrected chi connectivity index (χ3v) is 4.82. The van der Waals surface area contributed by atoms with Gasteiger partial charge in [-0.15, -0.1) is 0 Å². The molecule has 0 radical (unpaired) electrons. The Labute approximate surface area is 133 Å². The zero-order chi connectivity index (χ0) is 16.0. The highest BCUT2D eigenvalue weighted by atomic mass is 32.2. The lowest BCUT2D eigenvalue weighted by Crippen LogP contribution is -2.01. The summed E-state index contributed by atoms with van der Waals surface area (Å²) in [4.78, 5) is 4.10. The van der Waals surface area contributed by atoms with Crippen LogP contribution in [0.25, 0.3) is 22.0 Å². The molecule has 1 N–H and O–H groups in total. The fourth-order valence-electron chi connectivity index (χ4n) is 2.89. The van der Waals surface area contributed by atoms with E-state index >= 15 is 0 Å². The van der Waals surface area contributed by atoms with E-state index < -0.39 is 10.1 Å². The molecule has 2 heterocycles. The second kappa shape index (κ2) is 5.04. The fourth-order valence-corrected chi connectivity index (χ4v) is 3.59. The molecule has 0 fully saturated rings. The van der Waals surface area contributed by atoms with Crippen molar-refractivity contribution in [1.82, 2.24) is 4.98 Å². The molecule has 23 heavy (non-hydrogen) atoms. The summed E-state index contributed by atoms with van der Waals surface area (Å²) in [5.41, 5.74) is 3.26. The number of nitrogens with zero attached hydrogens (tertiary/aromatic N) is 1. The molecule has 1 aliphatic heterocycles. The van der Waals surface area contributed by atoms with Gasteiger partial charge in [-0.05, 0) is 47.0 Å². The van der Waals surface area contributed by atoms with Crippen LogP contribution in [0, 0.1) is 0 Å². The largest absolute Gasteiger partial charge is 0.491 e. The van der Waals surface area contributed by atoms with Gasteiger partial charge in [-0.2, -0.15) is 8.42 Å². The Bertz CT molecular complexity index is 1030. The van der Waals surface area contributed by atoms with E-state index in [4.69, 9.17) is 4.74 Å². The molecule has 0 bridgehead atoms. The summed E-state index contributed by atoms with van der Waals surface area (Å²) in [5, 5.41) is 0.968. The van der Waals surface area contributed by atoms with Crippen LogP contribution in [0.2, 0.25) is 0 Å². The molecule has 3 aromatic rings. The number of pyridine rings is 1. The molecular weight excluding hydrogens is 314 g/mol. The molecule has 116 valence electrons. The Balaban J connectivity index is 1.94. The molecule has 2 aromatic carbocycles. The second-order valence-electron chi connectivity index (χ2n) is 5.45. The van der Waals surface area contributed by atoms with Crippen LogP contribution in [0.5, 0.6) is 5.75 Å². The van der Waals surface area contributed by atoms with Gasteiger partial charge < -0.3 is 4.74 Å². The van der Waals surface area contributed by atoms with Crippen molar-refractivity contribution in [3.63, 3.8) is 0 Å². The molecule has 0 amide bonds. The molecule has 0 spiro atoms. The number of hydrogen-bond acceptors (Lipinski definition) is 4. The predicted molar refractivity (Wildman–Crippen MR) is 86.2 cm³/mol. The molecule has 5 nitrogen and oxygen atoms in total. The normalized spacial score (nSPS) is 13.8. The first kappa shape index (κ1) is 14.2. The van der Waals surface area contributed by atoms with E-state index in [1.807, 2.05) is 36.4 Å². The molecule has 1 aliphatic rings. The molecule has 4 rings (SSSR count). The fraction of sp³-hybridized carbons (Fsp3) is 0.118. The highest BCUT2D eigenvalue weighted by Crippen LogP contribution is 2.37. The third-order valence-electron chi connectivity index (χ3n) is 3.96. The maximum absolute atomic E-state index is 11.7. The number of aromatic nitrogens is 1. The van der Waals surface area contributed by atoms with Crippen molar-refractivity contribution in [3.05, 3.63) is 54.2 Å². The molecule has 0 atom stereocenters. The van der Waals surface area contributed by atoms with Crippen LogP contribution in [0.1, 0.15) is 5.56 Å². The zero-order valence-corrected chi connectivity index (χ0v) is 12.9. The standard InChI is InChI=1S/C17H13NO4S/c19-23(20,21)16-10-14(9-13-5-7-22-17(13)16)11-3-4-15-12(8-11)2-1-6-18-15/h1-4,6,8-10H,5,7H2,(H,19,20,21). The van der Waals surface area contributed by atoms with Crippen LogP contribution in [-0.4, -0.2) is 24.6 Å². The number of fused-ring (bicyclic) bond motifs is 2. The first-order valence-electron chi connectivity index (χ1n) is 7.15. The Morgan fingerprint density at radius 1 is 1.09 bits per heavy atom. The Morgan fingerprint density at radius 3 is 2.78 bits per heavy atom. The van der Waals surface area contributed by atoms with Crippen molar-refractivity contribution in [3.8, 4) is 16.9 Å². The lowest BCUT2D eigenvalue weighted by molar-refractivity contribution is 0.346. The molecule has 0 unspecified atom stereocenters. The quantitative estimate of drug-likeness (QED) is 0.732. The third kappa shape index (κ3) is 2.46. The Hall–Kier alpha value is -2.44. The molecule has 0 saturated heterocycles. The first-order valence-corrected chi connectivity index (χ1v) is 8.59. The summed E-state index contributed by atoms with van der Waals surface area (Å²) in [5.74, 6) is 0.263. The van der Waals surface area contributed by atoms with Crippen LogP contribution >= 0.6 is 0 Å². The number of rotatable bonds is 2. The van der Waals surface area contributed by atoms with E-state index in [0.717, 1.165) is 27.6 Å². The van der Waals surface area contributed by atoms with E-state index in [-0.39, 0.29) is 10.6 Å². The molecule has 1 aromatic heterocycles. The van der Waals surface area contributed by atoms with Gasteiger partial charge in [0.25, 0.3) is 10.1 Å². The summed E-state index contributed by atoms with van der Waals surface area (Å²) >= 11 is 0. The van der Waals surface area contributed by atoms with Gasteiger partial charge in [0.15, 0.2) is 0 Å². The van der Waals surface area contributed by atoms with E-state index in [1.54, 1.807) is 6.20 Å². The number of ether oxygens (including phenoxy) is 1. The summed E-state index contributed by atoms with van der Waals surface area (Å²) in [7, 11) is -4.34. The summed E-state index contributed by atoms with van der Waals surface area (Å²) < 4.78 is 38.2. The van der Waals surface area contributed by atoms with Gasteiger partial charge >= 0.3 is 0 Å². The molecular formula is C17H13NO4S. The second-order valence-corrected chi connectivity index (χ2v) is 6.84. The van der Waals surface area contributed by atoms with Crippen molar-refractivity contribution in [1.29, 1.82) is 0 Å². The molecule has 6 heteroatoms. The van der Waals surface area contributed by atoms with Gasteiger partial charge in [0.05, 0.1) is 12.1 Å². The SMILES string of the molecule is O=S(=O)(O)c1cc(-c2ccc3ncccc3c2)cc2c1OCC2. The number of benzene rings is 2. The lowest BCUT2D eigenvalue weighted by Gasteiger charge is -2.10. The van der Waals surface area contributed by atoms with Crippen molar-refractivity contribution in [2.24, 2.45) is 0 Å². The van der Waals surface area contributed by atoms with Crippen LogP contribution in [0.4, 0.5) is 0 Å². The minimum absolute atomic E-state index is 0.172. The molecule has 0 saturated carbocycles. The molecule has 0 aliphatic carbocycles. The summed E-state index contributed by atoms with van der Waals surface area (Å²) in [6.07, 6.45) is 2.35. The average molecular weight is 327 g/mol. The van der Waals surface area contributed by atoms with Crippen LogP contribution in [-0.2, 0) is 16.5 Å². The van der Waals surface area contributed by atoms with Gasteiger partial charge in [0.1, 0.15) is 10.6 Å². The Kier molecular flexibility index (Phi) is 3.11. The van der Waals surface area contributed by atoms with Crippen molar-refractivity contribution in [2.75, 3.05) is 6.61 Å². The van der Waals surface area contributed by atoms with Crippen molar-refractivity contribution >= 4 is 21.0 Å². The average Bonchev–Trinajstić information content (AvgIpc) is 3.00. The summed E-state index contributed by atoms with van der Waals surface area (Å²) in [6.45, 7) is 0.420. The van der Waals surface area contributed by atoms with Crippen molar-refractivity contribution in [2.45, 2.75) is 11.3 Å². The van der Waals surface area contributed by atoms with E-state index in [9.17, 15) is 13.0 Å². The minimum atomic E-state index is -4.34. The van der Waals surface area contributed by atoms with Gasteiger partial charge in [-0.3, -0.25) is 9.54 Å². The van der Waals surface area contributed by atoms with E-state index in [2.05, 4.69) is 4.98 Å².